The zero-order chi connectivity index (χ0) is 10.5. The maximum absolute atomic E-state index is 9.33. The minimum Gasteiger partial charge on any atom is -0.389 e. The predicted octanol–water partition coefficient (Wildman–Crippen LogP) is 2.95. The Labute approximate surface area is 91.4 Å². The normalized spacial score (nSPS) is 24.6. The van der Waals surface area contributed by atoms with Gasteiger partial charge in [-0.25, -0.2) is 0 Å². The molecule has 15 heavy (non-hydrogen) atoms. The van der Waals surface area contributed by atoms with E-state index in [1.807, 2.05) is 6.08 Å². The van der Waals surface area contributed by atoms with E-state index in [9.17, 15) is 5.11 Å². The fourth-order valence-corrected chi connectivity index (χ4v) is 2.18. The summed E-state index contributed by atoms with van der Waals surface area (Å²) in [5, 5.41) is 9.33. The Morgan fingerprint density at radius 2 is 1.93 bits per heavy atom. The van der Waals surface area contributed by atoms with Gasteiger partial charge < -0.3 is 5.11 Å². The van der Waals surface area contributed by atoms with Crippen molar-refractivity contribution in [1.29, 1.82) is 0 Å². The van der Waals surface area contributed by atoms with Crippen molar-refractivity contribution in [2.75, 3.05) is 0 Å². The quantitative estimate of drug-likeness (QED) is 0.744. The average molecular weight is 202 g/mol. The molecule has 0 fully saturated rings. The van der Waals surface area contributed by atoms with Crippen molar-refractivity contribution in [2.45, 2.75) is 31.8 Å². The van der Waals surface area contributed by atoms with Crippen molar-refractivity contribution >= 4 is 0 Å². The number of hydrogen-bond donors (Lipinski definition) is 1. The van der Waals surface area contributed by atoms with Gasteiger partial charge in [0, 0.05) is 0 Å². The highest BCUT2D eigenvalue weighted by Gasteiger charge is 2.15. The first-order chi connectivity index (χ1) is 7.34. The predicted molar refractivity (Wildman–Crippen MR) is 62.6 cm³/mol. The van der Waals surface area contributed by atoms with E-state index in [1.165, 1.54) is 18.4 Å². The van der Waals surface area contributed by atoms with Gasteiger partial charge in [0.05, 0.1) is 6.10 Å². The van der Waals surface area contributed by atoms with Crippen molar-refractivity contribution in [1.82, 2.24) is 0 Å². The number of rotatable bonds is 4. The van der Waals surface area contributed by atoms with E-state index in [-0.39, 0.29) is 6.10 Å². The maximum Gasteiger partial charge on any atom is 0.0726 e. The molecule has 1 aromatic rings. The lowest BCUT2D eigenvalue weighted by atomic mass is 9.99. The molecule has 0 heterocycles. The SMILES string of the molecule is O[C@@H]1C=C[C@@H](CCCc2ccccc2)C1. The van der Waals surface area contributed by atoms with Gasteiger partial charge >= 0.3 is 0 Å². The molecule has 0 bridgehead atoms. The first-order valence-electron chi connectivity index (χ1n) is 5.75. The van der Waals surface area contributed by atoms with Crippen LogP contribution < -0.4 is 0 Å². The van der Waals surface area contributed by atoms with Gasteiger partial charge in [0.25, 0.3) is 0 Å². The molecule has 0 spiro atoms. The van der Waals surface area contributed by atoms with Crippen LogP contribution in [0.2, 0.25) is 0 Å². The van der Waals surface area contributed by atoms with E-state index >= 15 is 0 Å². The summed E-state index contributed by atoms with van der Waals surface area (Å²) in [6, 6.07) is 10.6. The molecule has 0 saturated carbocycles. The molecule has 0 saturated heterocycles. The van der Waals surface area contributed by atoms with Crippen LogP contribution in [0.4, 0.5) is 0 Å². The Morgan fingerprint density at radius 1 is 1.13 bits per heavy atom. The number of allylic oxidation sites excluding steroid dienone is 1. The van der Waals surface area contributed by atoms with Crippen LogP contribution in [0.3, 0.4) is 0 Å². The molecule has 1 heteroatoms. The lowest BCUT2D eigenvalue weighted by Gasteiger charge is -2.08. The fourth-order valence-electron chi connectivity index (χ4n) is 2.18. The van der Waals surface area contributed by atoms with Crippen LogP contribution in [0.5, 0.6) is 0 Å². The smallest absolute Gasteiger partial charge is 0.0726 e. The van der Waals surface area contributed by atoms with Gasteiger partial charge in [-0.05, 0) is 37.2 Å². The van der Waals surface area contributed by atoms with E-state index in [0.717, 1.165) is 12.8 Å². The Hall–Kier alpha value is -1.08. The van der Waals surface area contributed by atoms with Gasteiger partial charge in [-0.1, -0.05) is 42.5 Å². The van der Waals surface area contributed by atoms with Crippen LogP contribution in [-0.4, -0.2) is 11.2 Å². The molecule has 1 N–H and O–H groups in total. The van der Waals surface area contributed by atoms with Crippen molar-refractivity contribution in [3.8, 4) is 0 Å². The summed E-state index contributed by atoms with van der Waals surface area (Å²) in [6.07, 6.45) is 8.39. The highest BCUT2D eigenvalue weighted by Crippen LogP contribution is 2.23. The third-order valence-electron chi connectivity index (χ3n) is 3.03. The second kappa shape index (κ2) is 5.13. The number of aryl methyl sites for hydroxylation is 1. The Kier molecular flexibility index (Phi) is 3.57. The molecule has 1 aromatic carbocycles. The van der Waals surface area contributed by atoms with Crippen molar-refractivity contribution in [3.63, 3.8) is 0 Å². The fraction of sp³-hybridized carbons (Fsp3) is 0.429. The van der Waals surface area contributed by atoms with Crippen LogP contribution in [0.15, 0.2) is 42.5 Å². The molecular formula is C14H18O. The van der Waals surface area contributed by atoms with Gasteiger partial charge in [0.1, 0.15) is 0 Å². The molecule has 80 valence electrons. The molecule has 2 atom stereocenters. The van der Waals surface area contributed by atoms with Crippen LogP contribution in [0.1, 0.15) is 24.8 Å². The molecule has 0 amide bonds. The van der Waals surface area contributed by atoms with E-state index in [1.54, 1.807) is 0 Å². The largest absolute Gasteiger partial charge is 0.389 e. The van der Waals surface area contributed by atoms with Crippen LogP contribution in [-0.2, 0) is 6.42 Å². The summed E-state index contributed by atoms with van der Waals surface area (Å²) in [4.78, 5) is 0. The number of aliphatic hydroxyl groups is 1. The number of aliphatic hydroxyl groups excluding tert-OH is 1. The molecule has 1 aliphatic carbocycles. The second-order valence-corrected chi connectivity index (χ2v) is 4.33. The summed E-state index contributed by atoms with van der Waals surface area (Å²) in [5.74, 6) is 0.601. The minimum absolute atomic E-state index is 0.188. The zero-order valence-electron chi connectivity index (χ0n) is 8.97. The van der Waals surface area contributed by atoms with Gasteiger partial charge in [-0.2, -0.15) is 0 Å². The van der Waals surface area contributed by atoms with E-state index < -0.39 is 0 Å². The standard InChI is InChI=1S/C14H18O/c15-14-10-9-13(11-14)8-4-7-12-5-2-1-3-6-12/h1-3,5-6,9-10,13-15H,4,7-8,11H2/t13-,14-/m1/s1. The van der Waals surface area contributed by atoms with Crippen LogP contribution >= 0.6 is 0 Å². The lowest BCUT2D eigenvalue weighted by Crippen LogP contribution is -2.02. The molecule has 2 rings (SSSR count). The average Bonchev–Trinajstić information content (AvgIpc) is 2.66. The second-order valence-electron chi connectivity index (χ2n) is 4.33. The van der Waals surface area contributed by atoms with Gasteiger partial charge in [-0.15, -0.1) is 0 Å². The summed E-state index contributed by atoms with van der Waals surface area (Å²) in [6.45, 7) is 0. The third-order valence-corrected chi connectivity index (χ3v) is 3.03. The molecule has 1 aliphatic rings. The Morgan fingerprint density at radius 3 is 2.60 bits per heavy atom. The molecule has 1 nitrogen and oxygen atoms in total. The monoisotopic (exact) mass is 202 g/mol. The van der Waals surface area contributed by atoms with E-state index in [0.29, 0.717) is 5.92 Å². The maximum atomic E-state index is 9.33. The number of hydrogen-bond acceptors (Lipinski definition) is 1. The van der Waals surface area contributed by atoms with Gasteiger partial charge in [-0.3, -0.25) is 0 Å². The topological polar surface area (TPSA) is 20.2 Å². The Bertz CT molecular complexity index is 315. The van der Waals surface area contributed by atoms with Crippen molar-refractivity contribution in [3.05, 3.63) is 48.0 Å². The minimum atomic E-state index is -0.188. The molecule has 0 aromatic heterocycles. The van der Waals surface area contributed by atoms with Crippen LogP contribution in [0, 0.1) is 5.92 Å². The van der Waals surface area contributed by atoms with E-state index in [2.05, 4.69) is 36.4 Å². The van der Waals surface area contributed by atoms with E-state index in [4.69, 9.17) is 0 Å². The summed E-state index contributed by atoms with van der Waals surface area (Å²) < 4.78 is 0. The van der Waals surface area contributed by atoms with Gasteiger partial charge in [0.2, 0.25) is 0 Å². The molecular weight excluding hydrogens is 184 g/mol. The summed E-state index contributed by atoms with van der Waals surface area (Å²) in [7, 11) is 0. The first kappa shape index (κ1) is 10.4. The summed E-state index contributed by atoms with van der Waals surface area (Å²) in [5.41, 5.74) is 1.42. The highest BCUT2D eigenvalue weighted by molar-refractivity contribution is 5.14. The van der Waals surface area contributed by atoms with Gasteiger partial charge in [0.15, 0.2) is 0 Å². The van der Waals surface area contributed by atoms with Crippen LogP contribution in [0.25, 0.3) is 0 Å². The first-order valence-corrected chi connectivity index (χ1v) is 5.75. The summed E-state index contributed by atoms with van der Waals surface area (Å²) >= 11 is 0. The molecule has 0 radical (unpaired) electrons. The highest BCUT2D eigenvalue weighted by atomic mass is 16.3. The van der Waals surface area contributed by atoms with Crippen molar-refractivity contribution in [2.24, 2.45) is 5.92 Å². The lowest BCUT2D eigenvalue weighted by molar-refractivity contribution is 0.208. The number of benzene rings is 1. The molecule has 0 aliphatic heterocycles. The molecule has 0 unspecified atom stereocenters. The Balaban J connectivity index is 1.70. The zero-order valence-corrected chi connectivity index (χ0v) is 8.97. The third kappa shape index (κ3) is 3.21. The van der Waals surface area contributed by atoms with Crippen molar-refractivity contribution < 1.29 is 5.11 Å².